The van der Waals surface area contributed by atoms with E-state index in [1.165, 1.54) is 0 Å². The van der Waals surface area contributed by atoms with Crippen molar-refractivity contribution in [3.63, 3.8) is 0 Å². The molecule has 1 unspecified atom stereocenters. The van der Waals surface area contributed by atoms with Crippen LogP contribution >= 0.6 is 0 Å². The van der Waals surface area contributed by atoms with Gasteiger partial charge in [0.1, 0.15) is 12.5 Å². The van der Waals surface area contributed by atoms with Crippen molar-refractivity contribution >= 4 is 17.5 Å². The van der Waals surface area contributed by atoms with Crippen LogP contribution in [0.25, 0.3) is 0 Å². The molecule has 3 aromatic carbocycles. The van der Waals surface area contributed by atoms with Crippen LogP contribution in [-0.2, 0) is 20.9 Å². The summed E-state index contributed by atoms with van der Waals surface area (Å²) >= 11 is 0. The van der Waals surface area contributed by atoms with Crippen molar-refractivity contribution in [1.82, 2.24) is 0 Å². The van der Waals surface area contributed by atoms with E-state index < -0.39 is 11.8 Å². The summed E-state index contributed by atoms with van der Waals surface area (Å²) in [7, 11) is 1.59. The first-order chi connectivity index (χ1) is 19.5. The van der Waals surface area contributed by atoms with Crippen molar-refractivity contribution in [2.75, 3.05) is 13.7 Å². The molecule has 0 aromatic heterocycles. The molecule has 206 valence electrons. The van der Waals surface area contributed by atoms with Crippen LogP contribution in [-0.4, -0.2) is 31.2 Å². The van der Waals surface area contributed by atoms with Gasteiger partial charge in [0.05, 0.1) is 13.7 Å². The molecule has 0 spiro atoms. The molecule has 0 bridgehead atoms. The van der Waals surface area contributed by atoms with Crippen molar-refractivity contribution in [3.8, 4) is 11.5 Å². The Bertz CT molecular complexity index is 1430. The molecule has 6 heteroatoms. The van der Waals surface area contributed by atoms with Gasteiger partial charge in [-0.2, -0.15) is 0 Å². The molecule has 0 saturated heterocycles. The molecule has 0 radical (unpaired) electrons. The molecule has 5 rings (SSSR count). The molecule has 1 aliphatic heterocycles. The third kappa shape index (κ3) is 5.71. The van der Waals surface area contributed by atoms with E-state index in [1.54, 1.807) is 7.11 Å². The van der Waals surface area contributed by atoms with E-state index in [9.17, 15) is 9.59 Å². The Balaban J connectivity index is 1.52. The van der Waals surface area contributed by atoms with E-state index >= 15 is 0 Å². The first-order valence-electron chi connectivity index (χ1n) is 13.9. The molecule has 0 saturated carbocycles. The summed E-state index contributed by atoms with van der Waals surface area (Å²) in [6, 6.07) is 25.7. The number of Topliss-reactive ketones (excluding diaryl/α,β-unsaturated/α-hetero) is 1. The highest BCUT2D eigenvalue weighted by atomic mass is 16.5. The van der Waals surface area contributed by atoms with Crippen molar-refractivity contribution in [3.05, 3.63) is 107 Å². The maximum atomic E-state index is 13.8. The van der Waals surface area contributed by atoms with Crippen LogP contribution < -0.4 is 9.47 Å². The minimum atomic E-state index is -0.691. The Labute approximate surface area is 235 Å². The van der Waals surface area contributed by atoms with Gasteiger partial charge in [0.2, 0.25) is 0 Å². The second kappa shape index (κ2) is 12.3. The number of ether oxygens (including phenoxy) is 3. The molecule has 1 heterocycles. The van der Waals surface area contributed by atoms with E-state index in [4.69, 9.17) is 19.2 Å². The summed E-state index contributed by atoms with van der Waals surface area (Å²) in [6.45, 7) is 4.54. The van der Waals surface area contributed by atoms with E-state index in [-0.39, 0.29) is 17.7 Å². The molecule has 0 N–H and O–H groups in total. The molecule has 3 aromatic rings. The van der Waals surface area contributed by atoms with E-state index in [0.29, 0.717) is 55.3 Å². The third-order valence-corrected chi connectivity index (χ3v) is 7.65. The molecule has 0 fully saturated rings. The quantitative estimate of drug-likeness (QED) is 0.281. The Morgan fingerprint density at radius 3 is 2.35 bits per heavy atom. The largest absolute Gasteiger partial charge is 0.493 e. The number of esters is 1. The smallest absolute Gasteiger partial charge is 0.315 e. The fourth-order valence-electron chi connectivity index (χ4n) is 5.71. The third-order valence-electron chi connectivity index (χ3n) is 7.65. The molecule has 1 aliphatic carbocycles. The van der Waals surface area contributed by atoms with Crippen molar-refractivity contribution in [2.45, 2.75) is 51.6 Å². The lowest BCUT2D eigenvalue weighted by Gasteiger charge is -2.36. The minimum absolute atomic E-state index is 0.0213. The number of hydrogen-bond acceptors (Lipinski definition) is 6. The number of aliphatic imine (C=N–C) groups is 1. The summed E-state index contributed by atoms with van der Waals surface area (Å²) in [5.74, 6) is -0.358. The number of allylic oxidation sites excluding steroid dienone is 2. The van der Waals surface area contributed by atoms with Gasteiger partial charge >= 0.3 is 5.97 Å². The van der Waals surface area contributed by atoms with Crippen LogP contribution in [0.2, 0.25) is 0 Å². The van der Waals surface area contributed by atoms with Crippen LogP contribution in [0.15, 0.2) is 95.1 Å². The molecular weight excluding hydrogens is 502 g/mol. The van der Waals surface area contributed by atoms with Gasteiger partial charge in [-0.25, -0.2) is 0 Å². The van der Waals surface area contributed by atoms with Crippen molar-refractivity contribution in [1.29, 1.82) is 0 Å². The molecule has 0 amide bonds. The average Bonchev–Trinajstić information content (AvgIpc) is 2.98. The monoisotopic (exact) mass is 537 g/mol. The summed E-state index contributed by atoms with van der Waals surface area (Å²) in [6.07, 6.45) is 1.73. The van der Waals surface area contributed by atoms with E-state index in [2.05, 4.69) is 12.1 Å². The maximum Gasteiger partial charge on any atom is 0.315 e. The number of methoxy groups -OCH3 is 1. The zero-order valence-electron chi connectivity index (χ0n) is 23.3. The number of hydrogen-bond donors (Lipinski definition) is 0. The number of carbonyl (C=O) groups is 2. The van der Waals surface area contributed by atoms with Gasteiger partial charge in [0, 0.05) is 29.3 Å². The SMILES string of the molecule is CCCOC(=O)C1C(C)=NC2=C(C(=O)C[C@@H](c3ccccc3)C2)[C@H]1c1ccc(OCc2ccccc2)c(OC)c1. The lowest BCUT2D eigenvalue weighted by atomic mass is 9.69. The summed E-state index contributed by atoms with van der Waals surface area (Å²) in [4.78, 5) is 32.1. The Morgan fingerprint density at radius 1 is 0.925 bits per heavy atom. The summed E-state index contributed by atoms with van der Waals surface area (Å²) in [5, 5.41) is 0. The maximum absolute atomic E-state index is 13.8. The predicted octanol–water partition coefficient (Wildman–Crippen LogP) is 6.80. The Hall–Kier alpha value is -4.19. The first kappa shape index (κ1) is 27.4. The number of ketones is 1. The highest BCUT2D eigenvalue weighted by Gasteiger charge is 2.45. The standard InChI is InChI=1S/C34H35NO5/c1-4-17-39-34(37)31-22(2)35-27-18-26(24-13-9-6-10-14-24)19-28(36)33(27)32(31)25-15-16-29(30(20-25)38-3)40-21-23-11-7-5-8-12-23/h5-16,20,26,31-32H,4,17-19,21H2,1-3H3/t26-,31?,32-/m0/s1. The van der Waals surface area contributed by atoms with Gasteiger partial charge in [-0.1, -0.05) is 73.7 Å². The lowest BCUT2D eigenvalue weighted by molar-refractivity contribution is -0.146. The van der Waals surface area contributed by atoms with Crippen LogP contribution in [0.5, 0.6) is 11.5 Å². The molecule has 2 aliphatic rings. The number of benzene rings is 3. The summed E-state index contributed by atoms with van der Waals surface area (Å²) < 4.78 is 17.4. The van der Waals surface area contributed by atoms with Crippen molar-refractivity contribution in [2.24, 2.45) is 10.9 Å². The highest BCUT2D eigenvalue weighted by Crippen LogP contribution is 2.48. The normalized spacial score (nSPS) is 20.4. The van der Waals surface area contributed by atoms with Gasteiger partial charge in [0.25, 0.3) is 0 Å². The zero-order chi connectivity index (χ0) is 28.1. The molecule has 6 nitrogen and oxygen atoms in total. The van der Waals surface area contributed by atoms with Crippen LogP contribution in [0.4, 0.5) is 0 Å². The van der Waals surface area contributed by atoms with Crippen LogP contribution in [0, 0.1) is 5.92 Å². The molecule has 40 heavy (non-hydrogen) atoms. The molecule has 3 atom stereocenters. The lowest BCUT2D eigenvalue weighted by Crippen LogP contribution is -2.38. The fourth-order valence-corrected chi connectivity index (χ4v) is 5.71. The average molecular weight is 538 g/mol. The molecular formula is C34H35NO5. The van der Waals surface area contributed by atoms with Crippen LogP contribution in [0.1, 0.15) is 61.6 Å². The topological polar surface area (TPSA) is 74.2 Å². The van der Waals surface area contributed by atoms with E-state index in [0.717, 1.165) is 22.4 Å². The minimum Gasteiger partial charge on any atom is -0.493 e. The second-order valence-electron chi connectivity index (χ2n) is 10.4. The number of carbonyl (C=O) groups excluding carboxylic acids is 2. The first-order valence-corrected chi connectivity index (χ1v) is 13.9. The Morgan fingerprint density at radius 2 is 1.65 bits per heavy atom. The van der Waals surface area contributed by atoms with Gasteiger partial charge in [-0.05, 0) is 54.5 Å². The Kier molecular flexibility index (Phi) is 8.44. The fraction of sp³-hybridized carbons (Fsp3) is 0.324. The van der Waals surface area contributed by atoms with Gasteiger partial charge in [0.15, 0.2) is 17.3 Å². The number of nitrogens with zero attached hydrogens (tertiary/aromatic N) is 1. The van der Waals surface area contributed by atoms with Gasteiger partial charge < -0.3 is 14.2 Å². The van der Waals surface area contributed by atoms with Crippen molar-refractivity contribution < 1.29 is 23.8 Å². The summed E-state index contributed by atoms with van der Waals surface area (Å²) in [5.41, 5.74) is 5.00. The zero-order valence-corrected chi connectivity index (χ0v) is 23.3. The number of rotatable bonds is 9. The van der Waals surface area contributed by atoms with Gasteiger partial charge in [-0.3, -0.25) is 14.6 Å². The van der Waals surface area contributed by atoms with Crippen LogP contribution in [0.3, 0.4) is 0 Å². The predicted molar refractivity (Wildman–Crippen MR) is 155 cm³/mol. The van der Waals surface area contributed by atoms with E-state index in [1.807, 2.05) is 80.6 Å². The van der Waals surface area contributed by atoms with Gasteiger partial charge in [-0.15, -0.1) is 0 Å². The highest BCUT2D eigenvalue weighted by molar-refractivity contribution is 6.09. The second-order valence-corrected chi connectivity index (χ2v) is 10.4.